The number of nitrogens with one attached hydrogen (secondary N) is 17. The number of aromatic amines is 3. The number of nitrogens with zero attached hydrogens (tertiary/aromatic N) is 7. The van der Waals surface area contributed by atoms with Crippen molar-refractivity contribution in [1.82, 2.24) is 119 Å². The molecule has 46 heteroatoms. The van der Waals surface area contributed by atoms with Crippen LogP contribution in [0.15, 0.2) is 73.3 Å². The van der Waals surface area contributed by atoms with Crippen LogP contribution in [0.2, 0.25) is 0 Å². The van der Waals surface area contributed by atoms with Crippen LogP contribution in [0.25, 0.3) is 10.9 Å². The summed E-state index contributed by atoms with van der Waals surface area (Å²) >= 11 is 0. The fraction of sp³-hybridized carbons (Fsp3) is 0.624. The molecule has 0 bridgehead atoms. The van der Waals surface area contributed by atoms with Crippen molar-refractivity contribution in [3.05, 3.63) is 96.0 Å². The number of unbranched alkanes of at least 4 members (excludes halogenated alkanes) is 13. The Hall–Kier alpha value is -13.1. The molecule has 0 aliphatic carbocycles. The first-order valence-corrected chi connectivity index (χ1v) is 48.5. The number of hydrogen-bond donors (Lipinski definition) is 21. The first kappa shape index (κ1) is 113. The summed E-state index contributed by atoms with van der Waals surface area (Å²) in [5.41, 5.74) is 19.2. The lowest BCUT2D eigenvalue weighted by Gasteiger charge is -2.31. The molecule has 2 aliphatic heterocycles. The minimum atomic E-state index is -1.74. The molecule has 3 aromatic heterocycles. The molecule has 0 radical (unpaired) electrons. The van der Waals surface area contributed by atoms with E-state index in [9.17, 15) is 57.8 Å². The van der Waals surface area contributed by atoms with Crippen LogP contribution >= 0.6 is 0 Å². The maximum absolute atomic E-state index is 15.4. The number of aromatic nitrogens is 7. The van der Waals surface area contributed by atoms with Crippen molar-refractivity contribution in [1.29, 1.82) is 5.41 Å². The fourth-order valence-electron chi connectivity index (χ4n) is 16.1. The molecule has 24 N–H and O–H groups in total. The van der Waals surface area contributed by atoms with E-state index in [1.54, 1.807) is 61.6 Å². The largest absolute Gasteiger partial charge is 0.394 e. The van der Waals surface area contributed by atoms with Crippen molar-refractivity contribution in [2.45, 2.75) is 273 Å². The SMILES string of the molecule is CCCC[C@H](NC(=O)CN(CCN(C)C)C(=O)[C@H](Cc1c[nH]cn1)NC(=O)[C@H](CCC(N)=O)NC(=O)[C@H](CO)NC(=O)CNC(=O)COCCOCCNC(=O)CCCCCCCCCCCCCCCc1nnn[nH]1)C(=O)N[C@H]1CCC(=O)NCCCC[C@@H](C(N)=O)NC(=O)[C@H](Cc2c[nH]c3ccccc23)NC(=O)[C@H](CCCNC(=N)N)NC(=O)[C@@H](Cc2ccccc2)NC(=O)[C@@H]2CCCN2C1=O. The number of H-pyrrole nitrogens is 3. The number of amides is 16. The highest BCUT2D eigenvalue weighted by Gasteiger charge is 2.42. The number of aliphatic hydroxyl groups excluding tert-OH is 1. The number of carbonyl (C=O) groups is 16. The third-order valence-corrected chi connectivity index (χ3v) is 23.8. The topological polar surface area (TPSA) is 679 Å². The van der Waals surface area contributed by atoms with Gasteiger partial charge in [0, 0.05) is 108 Å². The van der Waals surface area contributed by atoms with Crippen molar-refractivity contribution < 1.29 is 91.3 Å². The molecule has 0 saturated carbocycles. The van der Waals surface area contributed by atoms with E-state index in [4.69, 9.17) is 32.1 Å². The Morgan fingerprint density at radius 3 is 1.95 bits per heavy atom. The van der Waals surface area contributed by atoms with E-state index in [-0.39, 0.29) is 160 Å². The number of fused-ring (bicyclic) bond motifs is 2. The van der Waals surface area contributed by atoms with Gasteiger partial charge in [0.2, 0.25) is 94.5 Å². The number of para-hydroxylation sites is 1. The van der Waals surface area contributed by atoms with Crippen molar-refractivity contribution in [2.75, 3.05) is 99.5 Å². The number of hydrogen-bond acceptors (Lipinski definition) is 25. The lowest BCUT2D eigenvalue weighted by molar-refractivity contribution is -0.143. The van der Waals surface area contributed by atoms with Gasteiger partial charge in [-0.25, -0.2) is 10.1 Å². The summed E-state index contributed by atoms with van der Waals surface area (Å²) in [6.45, 7) is -0.523. The normalized spacial score (nSPS) is 17.9. The van der Waals surface area contributed by atoms with Crippen LogP contribution in [0, 0.1) is 5.41 Å². The number of carbonyl (C=O) groups excluding carboxylic acids is 16. The van der Waals surface area contributed by atoms with Gasteiger partial charge in [0.15, 0.2) is 5.96 Å². The first-order chi connectivity index (χ1) is 67.0. The van der Waals surface area contributed by atoms with Crippen LogP contribution in [-0.2, 0) is 112 Å². The van der Waals surface area contributed by atoms with E-state index in [2.05, 4.69) is 105 Å². The van der Waals surface area contributed by atoms with Gasteiger partial charge < -0.3 is 126 Å². The minimum absolute atomic E-state index is 0.00251. The molecule has 2 saturated heterocycles. The molecule has 0 spiro atoms. The molecule has 5 aromatic rings. The second kappa shape index (κ2) is 63.4. The van der Waals surface area contributed by atoms with Gasteiger partial charge in [-0.15, -0.1) is 5.10 Å². The highest BCUT2D eigenvalue weighted by molar-refractivity contribution is 6.00. The van der Waals surface area contributed by atoms with Crippen LogP contribution in [0.1, 0.15) is 209 Å². The second-order valence-corrected chi connectivity index (χ2v) is 35.3. The highest BCUT2D eigenvalue weighted by atomic mass is 16.5. The Morgan fingerprint density at radius 1 is 0.612 bits per heavy atom. The standard InChI is InChI=1S/C93H145N27O19/c1-4-5-31-67(84(129)110-70-39-41-79(124)99-42-25-24-33-66(83(95)128)107-88(133)72(52-62-54-102-65-32-23-22-30-64(62)65)111-85(130)68(34-26-43-101-93(96)97)108-87(132)71(51-61-28-18-17-19-29-61)112-90(135)75-35-27-45-120(75)92(70)137)105-81(126)57-119(47-46-118(2)3)91(136)73(53-63-55-98-60-104-63)113-86(131)69(38-40-76(94)122)109-89(134)74(58-121)106-80(125)56-103-82(127)59-139-50-49-138-48-44-100-78(123)37-21-16-14-12-10-8-6-7-9-11-13-15-20-36-77-114-116-117-115-77/h17-19,22-23,28-30,32,54-55,60,66-75,102,121H,4-16,20-21,24-27,31,33-53,56-59H2,1-3H3,(H2,94,122)(H2,95,128)(H,98,104)(H,99,124)(H,100,123)(H,103,127)(H,105,126)(H,106,125)(H,107,133)(H,108,132)(H,109,134)(H,110,129)(H,111,130)(H,112,135)(H,113,131)(H4,96,97,101)(H,114,115,116,117)/t66-,67-,68-,69-,70-,71+,72-,73-,74-,75-/m0/s1. The lowest BCUT2D eigenvalue weighted by Crippen LogP contribution is -2.60. The summed E-state index contributed by atoms with van der Waals surface area (Å²) in [4.78, 5) is 240. The molecule has 10 atom stereocenters. The summed E-state index contributed by atoms with van der Waals surface area (Å²) in [6, 6.07) is 1.08. The zero-order chi connectivity index (χ0) is 101. The molecule has 766 valence electrons. The smallest absolute Gasteiger partial charge is 0.246 e. The number of imidazole rings is 1. The quantitative estimate of drug-likeness (QED) is 0.0119. The minimum Gasteiger partial charge on any atom is -0.394 e. The van der Waals surface area contributed by atoms with Gasteiger partial charge >= 0.3 is 0 Å². The Morgan fingerprint density at radius 2 is 1.27 bits per heavy atom. The Balaban J connectivity index is 0.966. The zero-order valence-corrected chi connectivity index (χ0v) is 80.2. The van der Waals surface area contributed by atoms with Crippen molar-refractivity contribution in [3.63, 3.8) is 0 Å². The zero-order valence-electron chi connectivity index (χ0n) is 80.2. The average molecular weight is 1950 g/mol. The highest BCUT2D eigenvalue weighted by Crippen LogP contribution is 2.24. The molecule has 2 aliphatic rings. The molecule has 16 amide bonds. The maximum atomic E-state index is 15.4. The van der Waals surface area contributed by atoms with Gasteiger partial charge in [-0.05, 0) is 119 Å². The van der Waals surface area contributed by atoms with E-state index < -0.39 is 188 Å². The lowest BCUT2D eigenvalue weighted by atomic mass is 10.0. The number of aryl methyl sites for hydroxylation is 1. The molecule has 0 unspecified atom stereocenters. The van der Waals surface area contributed by atoms with E-state index in [0.717, 1.165) is 60.2 Å². The van der Waals surface area contributed by atoms with Gasteiger partial charge in [-0.3, -0.25) is 82.1 Å². The number of tetrazole rings is 1. The second-order valence-electron chi connectivity index (χ2n) is 35.3. The van der Waals surface area contributed by atoms with E-state index in [1.807, 2.05) is 25.1 Å². The van der Waals surface area contributed by atoms with Crippen molar-refractivity contribution in [2.24, 2.45) is 17.2 Å². The van der Waals surface area contributed by atoms with E-state index >= 15 is 24.0 Å². The van der Waals surface area contributed by atoms with Crippen LogP contribution in [-0.4, -0.2) is 316 Å². The van der Waals surface area contributed by atoms with E-state index in [1.165, 1.54) is 68.8 Å². The number of primary amides is 2. The molecule has 7 rings (SSSR count). The van der Waals surface area contributed by atoms with Crippen molar-refractivity contribution >= 4 is 111 Å². The monoisotopic (exact) mass is 1940 g/mol. The number of likely N-dealkylation sites (N-methyl/N-ethyl adjacent to an activating group) is 1. The van der Waals surface area contributed by atoms with Crippen molar-refractivity contribution in [3.8, 4) is 0 Å². The van der Waals surface area contributed by atoms with Gasteiger partial charge in [-0.2, -0.15) is 0 Å². The predicted molar refractivity (Wildman–Crippen MR) is 511 cm³/mol. The summed E-state index contributed by atoms with van der Waals surface area (Å²) in [5.74, 6) is -12.5. The van der Waals surface area contributed by atoms with Gasteiger partial charge in [0.05, 0.1) is 51.5 Å². The average Bonchev–Trinajstić information content (AvgIpc) is 1.69. The summed E-state index contributed by atoms with van der Waals surface area (Å²) in [7, 11) is 3.38. The summed E-state index contributed by atoms with van der Waals surface area (Å²) in [5, 5.41) is 67.4. The fourth-order valence-corrected chi connectivity index (χ4v) is 16.1. The number of ether oxygens (including phenoxy) is 2. The molecule has 46 nitrogen and oxygen atoms in total. The summed E-state index contributed by atoms with van der Waals surface area (Å²) < 4.78 is 10.9. The maximum Gasteiger partial charge on any atom is 0.246 e. The van der Waals surface area contributed by atoms with Gasteiger partial charge in [0.25, 0.3) is 0 Å². The molecule has 139 heavy (non-hydrogen) atoms. The molecule has 2 fully saturated rings. The number of guanidine groups is 1. The molecule has 5 heterocycles. The number of nitrogens with two attached hydrogens (primary N) is 3. The molecular weight excluding hydrogens is 1800 g/mol. The Kier molecular flexibility index (Phi) is 51.5. The first-order valence-electron chi connectivity index (χ1n) is 48.5. The number of aliphatic hydroxyl groups is 1. The molecular formula is C93H145N27O19. The Bertz CT molecular complexity index is 4700. The van der Waals surface area contributed by atoms with Gasteiger partial charge in [-0.1, -0.05) is 139 Å². The van der Waals surface area contributed by atoms with Crippen LogP contribution in [0.3, 0.4) is 0 Å². The number of rotatable bonds is 58. The third-order valence-electron chi connectivity index (χ3n) is 23.8. The number of benzene rings is 2. The van der Waals surface area contributed by atoms with E-state index in [0.29, 0.717) is 30.4 Å². The van der Waals surface area contributed by atoms with Crippen LogP contribution in [0.4, 0.5) is 0 Å². The Labute approximate surface area is 809 Å². The summed E-state index contributed by atoms with van der Waals surface area (Å²) in [6.07, 6.45) is 20.0. The van der Waals surface area contributed by atoms with Gasteiger partial charge in [0.1, 0.15) is 72.8 Å². The van der Waals surface area contributed by atoms with Crippen LogP contribution in [0.5, 0.6) is 0 Å². The van der Waals surface area contributed by atoms with Crippen LogP contribution < -0.4 is 86.3 Å². The third kappa shape index (κ3) is 43.2. The predicted octanol–water partition coefficient (Wildman–Crippen LogP) is -1.58. The molecule has 2 aromatic carbocycles.